The fourth-order valence-corrected chi connectivity index (χ4v) is 3.45. The summed E-state index contributed by atoms with van der Waals surface area (Å²) in [6.45, 7) is 6.02. The summed E-state index contributed by atoms with van der Waals surface area (Å²) in [5.74, 6) is -0.0323. The molecule has 1 heterocycles. The molecule has 1 aliphatic rings. The normalized spacial score (nSPS) is 17.7. The van der Waals surface area contributed by atoms with Crippen LogP contribution < -0.4 is 11.1 Å². The third-order valence-electron chi connectivity index (χ3n) is 4.94. The first kappa shape index (κ1) is 16.7. The molecule has 0 spiro atoms. The van der Waals surface area contributed by atoms with Crippen LogP contribution in [-0.4, -0.2) is 21.2 Å². The Morgan fingerprint density at radius 3 is 2.42 bits per heavy atom. The number of aromatic nitrogens is 2. The van der Waals surface area contributed by atoms with Crippen LogP contribution in [0.3, 0.4) is 0 Å². The van der Waals surface area contributed by atoms with Gasteiger partial charge in [0, 0.05) is 5.69 Å². The van der Waals surface area contributed by atoms with Crippen molar-refractivity contribution in [3.05, 3.63) is 47.3 Å². The molecule has 2 aromatic rings. The zero-order valence-electron chi connectivity index (χ0n) is 14.7. The van der Waals surface area contributed by atoms with Gasteiger partial charge in [-0.15, -0.1) is 0 Å². The first-order valence-corrected chi connectivity index (χ1v) is 8.62. The Balaban J connectivity index is 1.71. The highest BCUT2D eigenvalue weighted by molar-refractivity contribution is 5.86. The van der Waals surface area contributed by atoms with Crippen molar-refractivity contribution < 1.29 is 4.79 Å². The van der Waals surface area contributed by atoms with Crippen LogP contribution in [0.5, 0.6) is 0 Å². The van der Waals surface area contributed by atoms with Crippen molar-refractivity contribution >= 4 is 5.91 Å². The molecule has 3 N–H and O–H groups in total. The Morgan fingerprint density at radius 2 is 1.88 bits per heavy atom. The standard InChI is InChI=1S/C19H26N4O/c1-13-12-14(2)23(22-13)17-8-6-16(7-9-17)15(3)21-18(24)19(20)10-4-5-11-19/h6-9,12,15H,4-5,10-11,20H2,1-3H3,(H,21,24). The predicted octanol–water partition coefficient (Wildman–Crippen LogP) is 2.94. The van der Waals surface area contributed by atoms with Crippen LogP contribution >= 0.6 is 0 Å². The number of carbonyl (C=O) groups excluding carboxylic acids is 1. The SMILES string of the molecule is Cc1cc(C)n(-c2ccc(C(C)NC(=O)C3(N)CCCC3)cc2)n1. The molecule has 0 aliphatic heterocycles. The Hall–Kier alpha value is -2.14. The first-order valence-electron chi connectivity index (χ1n) is 8.62. The molecule has 24 heavy (non-hydrogen) atoms. The van der Waals surface area contributed by atoms with E-state index < -0.39 is 5.54 Å². The van der Waals surface area contributed by atoms with Gasteiger partial charge in [0.25, 0.3) is 0 Å². The molecule has 3 rings (SSSR count). The summed E-state index contributed by atoms with van der Waals surface area (Å²) in [6, 6.07) is 10.1. The van der Waals surface area contributed by atoms with E-state index in [-0.39, 0.29) is 11.9 Å². The second kappa shape index (κ2) is 6.40. The average Bonchev–Trinajstić information content (AvgIpc) is 3.14. The zero-order chi connectivity index (χ0) is 17.3. The van der Waals surface area contributed by atoms with Crippen molar-refractivity contribution in [1.82, 2.24) is 15.1 Å². The van der Waals surface area contributed by atoms with Crippen molar-refractivity contribution in [1.29, 1.82) is 0 Å². The van der Waals surface area contributed by atoms with E-state index in [0.29, 0.717) is 0 Å². The first-order chi connectivity index (χ1) is 11.4. The molecule has 128 valence electrons. The highest BCUT2D eigenvalue weighted by Crippen LogP contribution is 2.28. The summed E-state index contributed by atoms with van der Waals surface area (Å²) in [5, 5.41) is 7.56. The van der Waals surface area contributed by atoms with Crippen molar-refractivity contribution in [3.8, 4) is 5.69 Å². The van der Waals surface area contributed by atoms with Crippen molar-refractivity contribution in [3.63, 3.8) is 0 Å². The molecular weight excluding hydrogens is 300 g/mol. The van der Waals surface area contributed by atoms with Crippen molar-refractivity contribution in [2.45, 2.75) is 58.0 Å². The summed E-state index contributed by atoms with van der Waals surface area (Å²) in [7, 11) is 0. The summed E-state index contributed by atoms with van der Waals surface area (Å²) >= 11 is 0. The van der Waals surface area contributed by atoms with Gasteiger partial charge in [-0.2, -0.15) is 5.10 Å². The lowest BCUT2D eigenvalue weighted by Gasteiger charge is -2.25. The van der Waals surface area contributed by atoms with Crippen molar-refractivity contribution in [2.24, 2.45) is 5.73 Å². The Morgan fingerprint density at radius 1 is 1.25 bits per heavy atom. The molecule has 0 bridgehead atoms. The molecule has 1 saturated carbocycles. The minimum Gasteiger partial charge on any atom is -0.348 e. The minimum absolute atomic E-state index is 0.0323. The maximum absolute atomic E-state index is 12.4. The van der Waals surface area contributed by atoms with E-state index in [4.69, 9.17) is 5.73 Å². The van der Waals surface area contributed by atoms with E-state index in [1.54, 1.807) is 0 Å². The predicted molar refractivity (Wildman–Crippen MR) is 95.0 cm³/mol. The number of amides is 1. The summed E-state index contributed by atoms with van der Waals surface area (Å²) in [6.07, 6.45) is 3.64. The minimum atomic E-state index is -0.683. The lowest BCUT2D eigenvalue weighted by molar-refractivity contribution is -0.126. The molecule has 5 heteroatoms. The molecular formula is C19H26N4O. The van der Waals surface area contributed by atoms with Gasteiger partial charge in [-0.1, -0.05) is 25.0 Å². The van der Waals surface area contributed by atoms with E-state index in [9.17, 15) is 4.79 Å². The fourth-order valence-electron chi connectivity index (χ4n) is 3.45. The molecule has 1 aromatic heterocycles. The van der Waals surface area contributed by atoms with Gasteiger partial charge in [-0.05, 0) is 57.4 Å². The number of aryl methyl sites for hydroxylation is 2. The van der Waals surface area contributed by atoms with E-state index in [1.807, 2.05) is 49.7 Å². The number of hydrogen-bond acceptors (Lipinski definition) is 3. The molecule has 1 atom stereocenters. The van der Waals surface area contributed by atoms with Crippen LogP contribution in [0.25, 0.3) is 5.69 Å². The lowest BCUT2D eigenvalue weighted by atomic mass is 9.97. The molecule has 0 radical (unpaired) electrons. The number of nitrogens with two attached hydrogens (primary N) is 1. The number of benzene rings is 1. The summed E-state index contributed by atoms with van der Waals surface area (Å²) in [5.41, 5.74) is 9.74. The zero-order valence-corrected chi connectivity index (χ0v) is 14.7. The van der Waals surface area contributed by atoms with Gasteiger partial charge >= 0.3 is 0 Å². The molecule has 1 unspecified atom stereocenters. The second-order valence-corrected chi connectivity index (χ2v) is 6.99. The Kier molecular flexibility index (Phi) is 4.45. The number of hydrogen-bond donors (Lipinski definition) is 2. The number of rotatable bonds is 4. The van der Waals surface area contributed by atoms with Gasteiger partial charge in [-0.3, -0.25) is 4.79 Å². The lowest BCUT2D eigenvalue weighted by Crippen LogP contribution is -2.52. The van der Waals surface area contributed by atoms with E-state index >= 15 is 0 Å². The monoisotopic (exact) mass is 326 g/mol. The van der Waals surface area contributed by atoms with Gasteiger partial charge < -0.3 is 11.1 Å². The summed E-state index contributed by atoms with van der Waals surface area (Å²) < 4.78 is 1.93. The molecule has 1 fully saturated rings. The van der Waals surface area contributed by atoms with Crippen LogP contribution in [-0.2, 0) is 4.79 Å². The van der Waals surface area contributed by atoms with Gasteiger partial charge in [0.2, 0.25) is 5.91 Å². The van der Waals surface area contributed by atoms with Crippen LogP contribution in [0, 0.1) is 13.8 Å². The third kappa shape index (κ3) is 3.22. The largest absolute Gasteiger partial charge is 0.348 e. The van der Waals surface area contributed by atoms with Gasteiger partial charge in [0.05, 0.1) is 23.0 Å². The second-order valence-electron chi connectivity index (χ2n) is 6.99. The van der Waals surface area contributed by atoms with Gasteiger partial charge in [0.1, 0.15) is 0 Å². The van der Waals surface area contributed by atoms with Crippen LogP contribution in [0.1, 0.15) is 55.6 Å². The highest BCUT2D eigenvalue weighted by Gasteiger charge is 2.37. The molecule has 0 saturated heterocycles. The van der Waals surface area contributed by atoms with Crippen molar-refractivity contribution in [2.75, 3.05) is 0 Å². The molecule has 1 aliphatic carbocycles. The molecule has 1 aromatic carbocycles. The number of nitrogens with zero attached hydrogens (tertiary/aromatic N) is 2. The maximum Gasteiger partial charge on any atom is 0.240 e. The average molecular weight is 326 g/mol. The Labute approximate surface area is 143 Å². The molecule has 1 amide bonds. The van der Waals surface area contributed by atoms with Gasteiger partial charge in [-0.25, -0.2) is 4.68 Å². The van der Waals surface area contributed by atoms with E-state index in [2.05, 4.69) is 16.5 Å². The quantitative estimate of drug-likeness (QED) is 0.907. The smallest absolute Gasteiger partial charge is 0.240 e. The van der Waals surface area contributed by atoms with Crippen LogP contribution in [0.4, 0.5) is 0 Å². The number of nitrogens with one attached hydrogen (secondary N) is 1. The van der Waals surface area contributed by atoms with Gasteiger partial charge in [0.15, 0.2) is 0 Å². The van der Waals surface area contributed by atoms with Crippen LogP contribution in [0.15, 0.2) is 30.3 Å². The maximum atomic E-state index is 12.4. The van der Waals surface area contributed by atoms with Crippen LogP contribution in [0.2, 0.25) is 0 Å². The highest BCUT2D eigenvalue weighted by atomic mass is 16.2. The molecule has 5 nitrogen and oxygen atoms in total. The number of carbonyl (C=O) groups is 1. The third-order valence-corrected chi connectivity index (χ3v) is 4.94. The fraction of sp³-hybridized carbons (Fsp3) is 0.474. The summed E-state index contributed by atoms with van der Waals surface area (Å²) in [4.78, 5) is 12.4. The topological polar surface area (TPSA) is 72.9 Å². The Bertz CT molecular complexity index is 726. The van der Waals surface area contributed by atoms with E-state index in [1.165, 1.54) is 0 Å². The van der Waals surface area contributed by atoms with E-state index in [0.717, 1.165) is 48.3 Å².